The molecule has 1 aliphatic rings. The lowest BCUT2D eigenvalue weighted by Crippen LogP contribution is -2.20. The molecule has 0 bridgehead atoms. The first-order valence-electron chi connectivity index (χ1n) is 6.15. The summed E-state index contributed by atoms with van der Waals surface area (Å²) in [7, 11) is -2.14. The SMILES string of the molecule is CO[C@H]1CC[C@@H](COS(=O)(=O)c2ccc(C)cc2)O1. The lowest BCUT2D eigenvalue weighted by molar-refractivity contribution is -0.120. The molecule has 0 spiro atoms. The van der Waals surface area contributed by atoms with E-state index in [9.17, 15) is 8.42 Å². The van der Waals surface area contributed by atoms with Crippen LogP contribution in [0.4, 0.5) is 0 Å². The molecule has 1 fully saturated rings. The molecule has 1 aromatic rings. The van der Waals surface area contributed by atoms with Crippen LogP contribution in [0.5, 0.6) is 0 Å². The summed E-state index contributed by atoms with van der Waals surface area (Å²) in [5.41, 5.74) is 1.00. The molecule has 19 heavy (non-hydrogen) atoms. The van der Waals surface area contributed by atoms with E-state index in [-0.39, 0.29) is 23.9 Å². The van der Waals surface area contributed by atoms with Crippen LogP contribution < -0.4 is 0 Å². The van der Waals surface area contributed by atoms with E-state index in [1.54, 1.807) is 19.2 Å². The Balaban J connectivity index is 1.93. The molecule has 2 rings (SSSR count). The third-order valence-corrected chi connectivity index (χ3v) is 4.35. The van der Waals surface area contributed by atoms with Gasteiger partial charge in [0.1, 0.15) is 0 Å². The van der Waals surface area contributed by atoms with Gasteiger partial charge in [-0.3, -0.25) is 4.18 Å². The van der Waals surface area contributed by atoms with Gasteiger partial charge in [-0.1, -0.05) is 17.7 Å². The van der Waals surface area contributed by atoms with Crippen molar-refractivity contribution in [2.75, 3.05) is 13.7 Å². The zero-order valence-electron chi connectivity index (χ0n) is 11.0. The molecule has 1 saturated heterocycles. The maximum Gasteiger partial charge on any atom is 0.297 e. The molecule has 0 aromatic heterocycles. The van der Waals surface area contributed by atoms with E-state index in [0.717, 1.165) is 18.4 Å². The summed E-state index contributed by atoms with van der Waals surface area (Å²) in [6.45, 7) is 1.92. The first-order valence-corrected chi connectivity index (χ1v) is 7.56. The first kappa shape index (κ1) is 14.5. The summed E-state index contributed by atoms with van der Waals surface area (Å²) in [6.07, 6.45) is 1.01. The van der Waals surface area contributed by atoms with Gasteiger partial charge in [0.05, 0.1) is 17.6 Å². The summed E-state index contributed by atoms with van der Waals surface area (Å²) in [4.78, 5) is 0.166. The molecule has 1 aromatic carbocycles. The van der Waals surface area contributed by atoms with Crippen LogP contribution in [0.15, 0.2) is 29.2 Å². The Morgan fingerprint density at radius 3 is 2.53 bits per heavy atom. The fourth-order valence-corrected chi connectivity index (χ4v) is 2.84. The van der Waals surface area contributed by atoms with Gasteiger partial charge in [-0.2, -0.15) is 8.42 Å². The van der Waals surface area contributed by atoms with Crippen molar-refractivity contribution in [3.63, 3.8) is 0 Å². The topological polar surface area (TPSA) is 61.8 Å². The number of benzene rings is 1. The molecule has 106 valence electrons. The summed E-state index contributed by atoms with van der Waals surface area (Å²) < 4.78 is 39.4. The first-order chi connectivity index (χ1) is 9.01. The van der Waals surface area contributed by atoms with Gasteiger partial charge in [-0.15, -0.1) is 0 Å². The average molecular weight is 286 g/mol. The highest BCUT2D eigenvalue weighted by atomic mass is 32.2. The van der Waals surface area contributed by atoms with Crippen molar-refractivity contribution in [2.24, 2.45) is 0 Å². The van der Waals surface area contributed by atoms with Gasteiger partial charge in [-0.05, 0) is 25.5 Å². The van der Waals surface area contributed by atoms with Crippen molar-refractivity contribution >= 4 is 10.1 Å². The van der Waals surface area contributed by atoms with E-state index in [0.29, 0.717) is 0 Å². The number of hydrogen-bond donors (Lipinski definition) is 0. The van der Waals surface area contributed by atoms with Crippen LogP contribution in [0, 0.1) is 6.92 Å². The number of hydrogen-bond acceptors (Lipinski definition) is 5. The van der Waals surface area contributed by atoms with Crippen LogP contribution in [0.2, 0.25) is 0 Å². The van der Waals surface area contributed by atoms with Crippen LogP contribution in [0.25, 0.3) is 0 Å². The average Bonchev–Trinajstić information content (AvgIpc) is 2.85. The monoisotopic (exact) mass is 286 g/mol. The lowest BCUT2D eigenvalue weighted by Gasteiger charge is -2.12. The lowest BCUT2D eigenvalue weighted by atomic mass is 10.2. The van der Waals surface area contributed by atoms with Gasteiger partial charge in [-0.25, -0.2) is 0 Å². The molecule has 5 nitrogen and oxygen atoms in total. The number of aryl methyl sites for hydroxylation is 1. The molecular weight excluding hydrogens is 268 g/mol. The van der Waals surface area contributed by atoms with Crippen molar-refractivity contribution in [1.82, 2.24) is 0 Å². The van der Waals surface area contributed by atoms with Crippen LogP contribution >= 0.6 is 0 Å². The molecule has 0 unspecified atom stereocenters. The Bertz CT molecular complexity index is 508. The molecule has 0 saturated carbocycles. The normalized spacial score (nSPS) is 23.7. The van der Waals surface area contributed by atoms with Crippen LogP contribution in [0.3, 0.4) is 0 Å². The molecule has 0 aliphatic carbocycles. The van der Waals surface area contributed by atoms with E-state index in [1.165, 1.54) is 12.1 Å². The molecule has 0 radical (unpaired) electrons. The zero-order valence-corrected chi connectivity index (χ0v) is 11.9. The number of methoxy groups -OCH3 is 1. The highest BCUT2D eigenvalue weighted by Gasteiger charge is 2.27. The predicted molar refractivity (Wildman–Crippen MR) is 69.2 cm³/mol. The van der Waals surface area contributed by atoms with E-state index < -0.39 is 10.1 Å². The van der Waals surface area contributed by atoms with Gasteiger partial charge in [0, 0.05) is 13.5 Å². The molecule has 2 atom stereocenters. The van der Waals surface area contributed by atoms with E-state index in [4.69, 9.17) is 13.7 Å². The molecule has 1 heterocycles. The fourth-order valence-electron chi connectivity index (χ4n) is 1.91. The largest absolute Gasteiger partial charge is 0.356 e. The predicted octanol–water partition coefficient (Wildman–Crippen LogP) is 1.85. The van der Waals surface area contributed by atoms with Crippen molar-refractivity contribution in [3.05, 3.63) is 29.8 Å². The Hall–Kier alpha value is -0.950. The van der Waals surface area contributed by atoms with Crippen LogP contribution in [-0.4, -0.2) is 34.5 Å². The minimum Gasteiger partial charge on any atom is -0.356 e. The Morgan fingerprint density at radius 1 is 1.26 bits per heavy atom. The van der Waals surface area contributed by atoms with Gasteiger partial charge in [0.2, 0.25) is 0 Å². The molecular formula is C13H18O5S. The Morgan fingerprint density at radius 2 is 1.95 bits per heavy atom. The molecule has 6 heteroatoms. The summed E-state index contributed by atoms with van der Waals surface area (Å²) in [5, 5.41) is 0. The van der Waals surface area contributed by atoms with E-state index in [2.05, 4.69) is 0 Å². The fraction of sp³-hybridized carbons (Fsp3) is 0.538. The molecule has 1 aliphatic heterocycles. The van der Waals surface area contributed by atoms with Crippen molar-refractivity contribution in [3.8, 4) is 0 Å². The minimum absolute atomic E-state index is 0.0239. The third kappa shape index (κ3) is 3.76. The van der Waals surface area contributed by atoms with Crippen molar-refractivity contribution in [2.45, 2.75) is 37.1 Å². The second kappa shape index (κ2) is 6.00. The van der Waals surface area contributed by atoms with Gasteiger partial charge in [0.15, 0.2) is 6.29 Å². The van der Waals surface area contributed by atoms with E-state index in [1.807, 2.05) is 6.92 Å². The quantitative estimate of drug-likeness (QED) is 0.773. The third-order valence-electron chi connectivity index (χ3n) is 3.05. The second-order valence-electron chi connectivity index (χ2n) is 4.55. The highest BCUT2D eigenvalue weighted by Crippen LogP contribution is 2.22. The Kier molecular flexibility index (Phi) is 4.57. The van der Waals surface area contributed by atoms with Crippen molar-refractivity contribution in [1.29, 1.82) is 0 Å². The zero-order chi connectivity index (χ0) is 13.9. The maximum absolute atomic E-state index is 11.9. The van der Waals surface area contributed by atoms with Gasteiger partial charge in [0.25, 0.3) is 10.1 Å². The minimum atomic E-state index is -3.71. The van der Waals surface area contributed by atoms with Gasteiger partial charge >= 0.3 is 0 Å². The number of ether oxygens (including phenoxy) is 2. The molecule has 0 N–H and O–H groups in total. The summed E-state index contributed by atoms with van der Waals surface area (Å²) >= 11 is 0. The van der Waals surface area contributed by atoms with Crippen LogP contribution in [-0.2, 0) is 23.8 Å². The molecule has 0 amide bonds. The summed E-state index contributed by atoms with van der Waals surface area (Å²) in [6, 6.07) is 6.56. The van der Waals surface area contributed by atoms with E-state index >= 15 is 0 Å². The van der Waals surface area contributed by atoms with Crippen LogP contribution in [0.1, 0.15) is 18.4 Å². The standard InChI is InChI=1S/C13H18O5S/c1-10-3-6-12(7-4-10)19(14,15)17-9-11-5-8-13(16-2)18-11/h3-4,6-7,11,13H,5,8-9H2,1-2H3/t11-,13+/m0/s1. The highest BCUT2D eigenvalue weighted by molar-refractivity contribution is 7.86. The summed E-state index contributed by atoms with van der Waals surface area (Å²) in [5.74, 6) is 0. The second-order valence-corrected chi connectivity index (χ2v) is 6.17. The smallest absolute Gasteiger partial charge is 0.297 e. The number of rotatable bonds is 5. The maximum atomic E-state index is 11.9. The van der Waals surface area contributed by atoms with Crippen molar-refractivity contribution < 1.29 is 22.1 Å². The van der Waals surface area contributed by atoms with Gasteiger partial charge < -0.3 is 9.47 Å². The Labute approximate surface area is 113 Å².